The number of H-pyrrole nitrogens is 1. The van der Waals surface area contributed by atoms with Crippen LogP contribution in [0.1, 0.15) is 22.5 Å². The van der Waals surface area contributed by atoms with E-state index in [2.05, 4.69) is 20.9 Å². The summed E-state index contributed by atoms with van der Waals surface area (Å²) in [4.78, 5) is 23.6. The summed E-state index contributed by atoms with van der Waals surface area (Å²) >= 11 is 2.77. The summed E-state index contributed by atoms with van der Waals surface area (Å²) < 4.78 is 24.5. The number of rotatable bonds is 2. The van der Waals surface area contributed by atoms with E-state index in [1.165, 1.54) is 0 Å². The predicted molar refractivity (Wildman–Crippen MR) is 48.2 cm³/mol. The minimum absolute atomic E-state index is 0.181. The molecule has 3 N–H and O–H groups in total. The van der Waals surface area contributed by atoms with Crippen molar-refractivity contribution in [3.05, 3.63) is 32.2 Å². The fourth-order valence-electron chi connectivity index (χ4n) is 0.892. The standard InChI is InChI=1S/C7H5BrF2N2O2/c8-4-2(6(9)10)1-3(13)12-5(4)7(11)14/h1,6H,(H2,11,14)(H,12,13). The van der Waals surface area contributed by atoms with Crippen molar-refractivity contribution in [1.29, 1.82) is 0 Å². The lowest BCUT2D eigenvalue weighted by Gasteiger charge is -2.05. The Hall–Kier alpha value is -1.24. The van der Waals surface area contributed by atoms with E-state index in [1.807, 2.05) is 0 Å². The molecule has 0 aliphatic carbocycles. The number of alkyl halides is 2. The molecule has 76 valence electrons. The van der Waals surface area contributed by atoms with Gasteiger partial charge in [-0.05, 0) is 15.9 Å². The summed E-state index contributed by atoms with van der Waals surface area (Å²) in [6, 6.07) is 0.710. The molecule has 1 aromatic heterocycles. The van der Waals surface area contributed by atoms with Gasteiger partial charge in [-0.2, -0.15) is 0 Å². The van der Waals surface area contributed by atoms with Crippen molar-refractivity contribution in [3.8, 4) is 0 Å². The quantitative estimate of drug-likeness (QED) is 0.843. The van der Waals surface area contributed by atoms with Gasteiger partial charge in [0.2, 0.25) is 5.56 Å². The molecule has 1 heterocycles. The maximum absolute atomic E-state index is 12.3. The van der Waals surface area contributed by atoms with Crippen LogP contribution < -0.4 is 11.3 Å². The molecule has 1 aromatic rings. The van der Waals surface area contributed by atoms with Gasteiger partial charge in [0.25, 0.3) is 12.3 Å². The van der Waals surface area contributed by atoms with Gasteiger partial charge in [-0.25, -0.2) is 8.78 Å². The lowest BCUT2D eigenvalue weighted by molar-refractivity contribution is 0.0993. The number of aromatic amines is 1. The highest BCUT2D eigenvalue weighted by Gasteiger charge is 2.18. The van der Waals surface area contributed by atoms with E-state index < -0.39 is 23.5 Å². The Morgan fingerprint density at radius 1 is 1.57 bits per heavy atom. The van der Waals surface area contributed by atoms with E-state index in [0.29, 0.717) is 6.07 Å². The van der Waals surface area contributed by atoms with Crippen LogP contribution in [-0.4, -0.2) is 10.9 Å². The topological polar surface area (TPSA) is 76.0 Å². The third kappa shape index (κ3) is 1.98. The maximum atomic E-state index is 12.3. The summed E-state index contributed by atoms with van der Waals surface area (Å²) in [5.41, 5.74) is 3.17. The number of aromatic nitrogens is 1. The zero-order valence-electron chi connectivity index (χ0n) is 6.68. The van der Waals surface area contributed by atoms with Gasteiger partial charge in [-0.1, -0.05) is 0 Å². The number of amides is 1. The van der Waals surface area contributed by atoms with E-state index in [1.54, 1.807) is 0 Å². The van der Waals surface area contributed by atoms with E-state index >= 15 is 0 Å². The molecule has 0 fully saturated rings. The average molecular weight is 267 g/mol. The largest absolute Gasteiger partial charge is 0.364 e. The fraction of sp³-hybridized carbons (Fsp3) is 0.143. The normalized spacial score (nSPS) is 10.6. The highest BCUT2D eigenvalue weighted by Crippen LogP contribution is 2.27. The molecule has 0 bridgehead atoms. The van der Waals surface area contributed by atoms with Crippen LogP contribution in [0.5, 0.6) is 0 Å². The first-order valence-electron chi connectivity index (χ1n) is 3.44. The van der Waals surface area contributed by atoms with Crippen LogP contribution >= 0.6 is 15.9 Å². The molecule has 7 heteroatoms. The first-order valence-corrected chi connectivity index (χ1v) is 4.23. The number of primary amides is 1. The van der Waals surface area contributed by atoms with E-state index in [9.17, 15) is 18.4 Å². The summed E-state index contributed by atoms with van der Waals surface area (Å²) in [7, 11) is 0. The Morgan fingerprint density at radius 2 is 2.14 bits per heavy atom. The van der Waals surface area contributed by atoms with Crippen LogP contribution in [0.2, 0.25) is 0 Å². The fourth-order valence-corrected chi connectivity index (χ4v) is 1.47. The van der Waals surface area contributed by atoms with Gasteiger partial charge in [-0.15, -0.1) is 0 Å². The maximum Gasteiger partial charge on any atom is 0.266 e. The smallest absolute Gasteiger partial charge is 0.266 e. The monoisotopic (exact) mass is 266 g/mol. The Bertz CT molecular complexity index is 430. The zero-order chi connectivity index (χ0) is 10.9. The number of hydrogen-bond donors (Lipinski definition) is 2. The molecule has 0 saturated carbocycles. The number of hydrogen-bond acceptors (Lipinski definition) is 2. The van der Waals surface area contributed by atoms with Gasteiger partial charge >= 0.3 is 0 Å². The molecular weight excluding hydrogens is 262 g/mol. The van der Waals surface area contributed by atoms with Crippen molar-refractivity contribution < 1.29 is 13.6 Å². The van der Waals surface area contributed by atoms with Gasteiger partial charge in [0.05, 0.1) is 4.47 Å². The number of carbonyl (C=O) groups excluding carboxylic acids is 1. The number of halogens is 3. The predicted octanol–water partition coefficient (Wildman–Crippen LogP) is 1.17. The first-order chi connectivity index (χ1) is 6.43. The number of pyridine rings is 1. The van der Waals surface area contributed by atoms with Crippen LogP contribution in [0.4, 0.5) is 8.78 Å². The second kappa shape index (κ2) is 3.87. The summed E-state index contributed by atoms with van der Waals surface area (Å²) in [6.45, 7) is 0. The summed E-state index contributed by atoms with van der Waals surface area (Å²) in [5.74, 6) is -0.975. The van der Waals surface area contributed by atoms with Crippen LogP contribution in [0.15, 0.2) is 15.3 Å². The van der Waals surface area contributed by atoms with Crippen LogP contribution in [0.3, 0.4) is 0 Å². The van der Waals surface area contributed by atoms with Crippen LogP contribution in [0.25, 0.3) is 0 Å². The Kier molecular flexibility index (Phi) is 3.00. The van der Waals surface area contributed by atoms with Crippen molar-refractivity contribution in [2.75, 3.05) is 0 Å². The zero-order valence-corrected chi connectivity index (χ0v) is 8.27. The molecule has 1 amide bonds. The number of nitrogens with one attached hydrogen (secondary N) is 1. The molecular formula is C7H5BrF2N2O2. The van der Waals surface area contributed by atoms with Crippen molar-refractivity contribution in [2.24, 2.45) is 5.73 Å². The number of nitrogens with two attached hydrogens (primary N) is 1. The minimum Gasteiger partial charge on any atom is -0.364 e. The minimum atomic E-state index is -2.84. The van der Waals surface area contributed by atoms with Gasteiger partial charge in [0.15, 0.2) is 0 Å². The molecule has 0 spiro atoms. The highest BCUT2D eigenvalue weighted by atomic mass is 79.9. The van der Waals surface area contributed by atoms with Gasteiger partial charge in [-0.3, -0.25) is 9.59 Å². The van der Waals surface area contributed by atoms with E-state index in [4.69, 9.17) is 5.73 Å². The van der Waals surface area contributed by atoms with E-state index in [-0.39, 0.29) is 10.2 Å². The average Bonchev–Trinajstić information content (AvgIpc) is 2.07. The number of carbonyl (C=O) groups is 1. The van der Waals surface area contributed by atoms with E-state index in [0.717, 1.165) is 0 Å². The Labute approximate surface area is 85.2 Å². The summed E-state index contributed by atoms with van der Waals surface area (Å²) in [5, 5.41) is 0. The second-order valence-corrected chi connectivity index (χ2v) is 3.24. The molecule has 0 radical (unpaired) electrons. The summed E-state index contributed by atoms with van der Waals surface area (Å²) in [6.07, 6.45) is -2.84. The van der Waals surface area contributed by atoms with Crippen molar-refractivity contribution in [3.63, 3.8) is 0 Å². The van der Waals surface area contributed by atoms with Gasteiger partial charge in [0, 0.05) is 11.6 Å². The molecule has 0 aromatic carbocycles. The highest BCUT2D eigenvalue weighted by molar-refractivity contribution is 9.10. The Morgan fingerprint density at radius 3 is 2.57 bits per heavy atom. The Balaban J connectivity index is 3.48. The van der Waals surface area contributed by atoms with Gasteiger partial charge < -0.3 is 10.7 Å². The third-order valence-electron chi connectivity index (χ3n) is 1.49. The molecule has 0 aliphatic rings. The molecule has 1 rings (SSSR count). The molecule has 14 heavy (non-hydrogen) atoms. The molecule has 4 nitrogen and oxygen atoms in total. The third-order valence-corrected chi connectivity index (χ3v) is 2.34. The van der Waals surface area contributed by atoms with Crippen molar-refractivity contribution >= 4 is 21.8 Å². The molecule has 0 aliphatic heterocycles. The van der Waals surface area contributed by atoms with Crippen LogP contribution in [-0.2, 0) is 0 Å². The lowest BCUT2D eigenvalue weighted by Crippen LogP contribution is -2.20. The van der Waals surface area contributed by atoms with Gasteiger partial charge in [0.1, 0.15) is 5.69 Å². The first kappa shape index (κ1) is 10.8. The van der Waals surface area contributed by atoms with Crippen molar-refractivity contribution in [1.82, 2.24) is 4.98 Å². The molecule has 0 saturated heterocycles. The second-order valence-electron chi connectivity index (χ2n) is 2.44. The molecule has 0 atom stereocenters. The SMILES string of the molecule is NC(=O)c1[nH]c(=O)cc(C(F)F)c1Br. The molecule has 0 unspecified atom stereocenters. The lowest BCUT2D eigenvalue weighted by atomic mass is 10.2. The van der Waals surface area contributed by atoms with Crippen molar-refractivity contribution in [2.45, 2.75) is 6.43 Å². The van der Waals surface area contributed by atoms with Crippen LogP contribution in [0, 0.1) is 0 Å².